The van der Waals surface area contributed by atoms with Gasteiger partial charge in [0.1, 0.15) is 0 Å². The molecule has 0 bridgehead atoms. The second-order valence-corrected chi connectivity index (χ2v) is 5.12. The van der Waals surface area contributed by atoms with E-state index >= 15 is 0 Å². The highest BCUT2D eigenvalue weighted by Crippen LogP contribution is 2.15. The number of alkyl halides is 1. The van der Waals surface area contributed by atoms with E-state index in [1.54, 1.807) is 0 Å². The number of aryl methyl sites for hydroxylation is 1. The summed E-state index contributed by atoms with van der Waals surface area (Å²) in [5.41, 5.74) is 2.76. The van der Waals surface area contributed by atoms with Crippen LogP contribution >= 0.6 is 15.9 Å². The van der Waals surface area contributed by atoms with Gasteiger partial charge in [-0.25, -0.2) is 0 Å². The first-order chi connectivity index (χ1) is 8.81. The molecule has 0 aliphatic heterocycles. The van der Waals surface area contributed by atoms with Gasteiger partial charge in [-0.05, 0) is 50.8 Å². The van der Waals surface area contributed by atoms with Gasteiger partial charge >= 0.3 is 0 Å². The molecule has 0 fully saturated rings. The van der Waals surface area contributed by atoms with Crippen LogP contribution in [-0.4, -0.2) is 18.4 Å². The molecule has 1 aromatic carbocycles. The number of nitrogens with zero attached hydrogens (tertiary/aromatic N) is 1. The molecule has 0 aromatic heterocycles. The van der Waals surface area contributed by atoms with Gasteiger partial charge < -0.3 is 4.90 Å². The molecule has 18 heavy (non-hydrogen) atoms. The molecule has 0 atom stereocenters. The zero-order chi connectivity index (χ0) is 13.2. The van der Waals surface area contributed by atoms with E-state index in [1.807, 2.05) is 0 Å². The number of rotatable bonds is 8. The average molecular weight is 310 g/mol. The highest BCUT2D eigenvalue weighted by atomic mass is 79.9. The fourth-order valence-corrected chi connectivity index (χ4v) is 2.28. The molecule has 0 heterocycles. The summed E-state index contributed by atoms with van der Waals surface area (Å²) in [5.74, 6) is 0. The topological polar surface area (TPSA) is 3.24 Å². The molecule has 100 valence electrons. The number of anilines is 1. The minimum absolute atomic E-state index is 1.06. The summed E-state index contributed by atoms with van der Waals surface area (Å²) in [4.78, 5) is 2.37. The van der Waals surface area contributed by atoms with Crippen LogP contribution in [0.5, 0.6) is 0 Å². The van der Waals surface area contributed by atoms with Crippen LogP contribution < -0.4 is 4.90 Å². The Kier molecular flexibility index (Phi) is 7.83. The molecule has 2 heteroatoms. The Bertz CT molecular complexity index is 339. The first-order valence-corrected chi connectivity index (χ1v) is 7.98. The van der Waals surface area contributed by atoms with Gasteiger partial charge in [-0.1, -0.05) is 40.2 Å². The van der Waals surface area contributed by atoms with Crippen molar-refractivity contribution < 1.29 is 0 Å². The van der Waals surface area contributed by atoms with Gasteiger partial charge in [0.2, 0.25) is 0 Å². The molecule has 0 N–H and O–H groups in total. The van der Waals surface area contributed by atoms with Crippen molar-refractivity contribution in [2.75, 3.05) is 23.3 Å². The second-order valence-electron chi connectivity index (χ2n) is 4.33. The molecular formula is C16H24BrN. The van der Waals surface area contributed by atoms with Crippen molar-refractivity contribution in [2.24, 2.45) is 0 Å². The molecule has 1 rings (SSSR count). The monoisotopic (exact) mass is 309 g/mol. The van der Waals surface area contributed by atoms with Crippen LogP contribution in [0.4, 0.5) is 5.69 Å². The molecule has 0 amide bonds. The van der Waals surface area contributed by atoms with Crippen molar-refractivity contribution in [1.29, 1.82) is 0 Å². The molecule has 0 aliphatic rings. The molecule has 0 aliphatic carbocycles. The lowest BCUT2D eigenvalue weighted by Crippen LogP contribution is -2.21. The predicted molar refractivity (Wildman–Crippen MR) is 85.9 cm³/mol. The van der Waals surface area contributed by atoms with Gasteiger partial charge in [-0.15, -0.1) is 0 Å². The first-order valence-electron chi connectivity index (χ1n) is 6.86. The maximum absolute atomic E-state index is 3.43. The van der Waals surface area contributed by atoms with E-state index in [4.69, 9.17) is 0 Å². The number of halogens is 1. The van der Waals surface area contributed by atoms with E-state index in [2.05, 4.69) is 71.1 Å². The van der Waals surface area contributed by atoms with Gasteiger partial charge in [0.05, 0.1) is 0 Å². The summed E-state index contributed by atoms with van der Waals surface area (Å²) in [6, 6.07) is 8.99. The van der Waals surface area contributed by atoms with E-state index in [1.165, 1.54) is 11.3 Å². The van der Waals surface area contributed by atoms with Crippen molar-refractivity contribution in [3.63, 3.8) is 0 Å². The third kappa shape index (κ3) is 5.26. The molecule has 0 spiro atoms. The van der Waals surface area contributed by atoms with Crippen LogP contribution in [0.2, 0.25) is 0 Å². The van der Waals surface area contributed by atoms with E-state index < -0.39 is 0 Å². The highest BCUT2D eigenvalue weighted by molar-refractivity contribution is 9.09. The molecule has 0 saturated heterocycles. The standard InChI is InChI=1S/C16H24BrN/c1-3-18(4-2)16-12-10-15(11-13-16)9-7-5-6-8-14-17/h5-6,10-13H,3-4,7-9,14H2,1-2H3. The fraction of sp³-hybridized carbons (Fsp3) is 0.500. The summed E-state index contributed by atoms with van der Waals surface area (Å²) in [7, 11) is 0. The smallest absolute Gasteiger partial charge is 0.0366 e. The molecular weight excluding hydrogens is 286 g/mol. The Labute approximate surface area is 120 Å². The van der Waals surface area contributed by atoms with Crippen LogP contribution in [0.15, 0.2) is 36.4 Å². The van der Waals surface area contributed by atoms with Crippen LogP contribution in [-0.2, 0) is 6.42 Å². The molecule has 0 unspecified atom stereocenters. The van der Waals surface area contributed by atoms with E-state index in [0.29, 0.717) is 0 Å². The molecule has 0 saturated carbocycles. The summed E-state index contributed by atoms with van der Waals surface area (Å²) in [6.07, 6.45) is 7.93. The van der Waals surface area contributed by atoms with Gasteiger partial charge in [0, 0.05) is 24.1 Å². The Hall–Kier alpha value is -0.760. The van der Waals surface area contributed by atoms with Gasteiger partial charge in [-0.2, -0.15) is 0 Å². The highest BCUT2D eigenvalue weighted by Gasteiger charge is 2.00. The van der Waals surface area contributed by atoms with Crippen molar-refractivity contribution in [3.05, 3.63) is 42.0 Å². The minimum Gasteiger partial charge on any atom is -0.372 e. The van der Waals surface area contributed by atoms with Crippen molar-refractivity contribution in [1.82, 2.24) is 0 Å². The lowest BCUT2D eigenvalue weighted by atomic mass is 10.1. The summed E-state index contributed by atoms with van der Waals surface area (Å²) in [5, 5.41) is 1.06. The summed E-state index contributed by atoms with van der Waals surface area (Å²) in [6.45, 7) is 6.55. The van der Waals surface area contributed by atoms with Crippen molar-refractivity contribution >= 4 is 21.6 Å². The SMILES string of the molecule is CCN(CC)c1ccc(CCC=CCCBr)cc1. The zero-order valence-electron chi connectivity index (χ0n) is 11.5. The second kappa shape index (κ2) is 9.21. The Morgan fingerprint density at radius 1 is 1.00 bits per heavy atom. The normalized spacial score (nSPS) is 11.1. The first kappa shape index (κ1) is 15.3. The van der Waals surface area contributed by atoms with Crippen LogP contribution in [0, 0.1) is 0 Å². The molecule has 0 radical (unpaired) electrons. The van der Waals surface area contributed by atoms with Crippen molar-refractivity contribution in [3.8, 4) is 0 Å². The maximum atomic E-state index is 3.43. The Morgan fingerprint density at radius 2 is 1.61 bits per heavy atom. The lowest BCUT2D eigenvalue weighted by molar-refractivity contribution is 0.865. The number of hydrogen-bond donors (Lipinski definition) is 0. The Balaban J connectivity index is 2.45. The average Bonchev–Trinajstić information content (AvgIpc) is 2.41. The summed E-state index contributed by atoms with van der Waals surface area (Å²) >= 11 is 3.43. The fourth-order valence-electron chi connectivity index (χ4n) is 2.01. The third-order valence-electron chi connectivity index (χ3n) is 3.11. The van der Waals surface area contributed by atoms with Crippen LogP contribution in [0.3, 0.4) is 0 Å². The Morgan fingerprint density at radius 3 is 2.17 bits per heavy atom. The molecule has 1 nitrogen and oxygen atoms in total. The maximum Gasteiger partial charge on any atom is 0.0366 e. The third-order valence-corrected chi connectivity index (χ3v) is 3.56. The van der Waals surface area contributed by atoms with E-state index in [0.717, 1.165) is 37.7 Å². The zero-order valence-corrected chi connectivity index (χ0v) is 13.1. The number of allylic oxidation sites excluding steroid dienone is 2. The van der Waals surface area contributed by atoms with Crippen molar-refractivity contribution in [2.45, 2.75) is 33.1 Å². The lowest BCUT2D eigenvalue weighted by Gasteiger charge is -2.21. The quantitative estimate of drug-likeness (QED) is 0.492. The minimum atomic E-state index is 1.06. The predicted octanol–water partition coefficient (Wildman–Crippen LogP) is 4.81. The van der Waals surface area contributed by atoms with Gasteiger partial charge in [0.15, 0.2) is 0 Å². The van der Waals surface area contributed by atoms with Gasteiger partial charge in [-0.3, -0.25) is 0 Å². The molecule has 1 aromatic rings. The van der Waals surface area contributed by atoms with Crippen LogP contribution in [0.25, 0.3) is 0 Å². The number of hydrogen-bond acceptors (Lipinski definition) is 1. The van der Waals surface area contributed by atoms with E-state index in [9.17, 15) is 0 Å². The van der Waals surface area contributed by atoms with Gasteiger partial charge in [0.25, 0.3) is 0 Å². The number of benzene rings is 1. The largest absolute Gasteiger partial charge is 0.372 e. The summed E-state index contributed by atoms with van der Waals surface area (Å²) < 4.78 is 0. The van der Waals surface area contributed by atoms with Crippen LogP contribution in [0.1, 0.15) is 32.3 Å². The van der Waals surface area contributed by atoms with E-state index in [-0.39, 0.29) is 0 Å².